The molecule has 1 fully saturated rings. The van der Waals surface area contributed by atoms with Crippen molar-refractivity contribution in [1.82, 2.24) is 4.98 Å². The fourth-order valence-corrected chi connectivity index (χ4v) is 4.69. The molecule has 1 aliphatic heterocycles. The van der Waals surface area contributed by atoms with Gasteiger partial charge in [0.05, 0.1) is 52.6 Å². The molecule has 0 radical (unpaired) electrons. The van der Waals surface area contributed by atoms with Crippen LogP contribution >= 0.6 is 0 Å². The van der Waals surface area contributed by atoms with Crippen molar-refractivity contribution in [2.24, 2.45) is 16.8 Å². The summed E-state index contributed by atoms with van der Waals surface area (Å²) in [6, 6.07) is 11.9. The minimum Gasteiger partial charge on any atom is -0.378 e. The number of amides is 1. The van der Waals surface area contributed by atoms with Crippen molar-refractivity contribution in [3.8, 4) is 6.07 Å². The molecule has 2 aliphatic rings. The summed E-state index contributed by atoms with van der Waals surface area (Å²) in [5, 5.41) is 16.4. The van der Waals surface area contributed by atoms with Gasteiger partial charge in [-0.2, -0.15) is 10.4 Å². The number of aromatic nitrogens is 1. The number of benzene rings is 1. The number of primary amides is 1. The lowest BCUT2D eigenvalue weighted by atomic mass is 9.92. The van der Waals surface area contributed by atoms with Gasteiger partial charge in [-0.05, 0) is 61.6 Å². The van der Waals surface area contributed by atoms with Crippen LogP contribution in [0.5, 0.6) is 0 Å². The molecule has 1 aromatic carbocycles. The summed E-state index contributed by atoms with van der Waals surface area (Å²) in [5.41, 5.74) is 10.6. The van der Waals surface area contributed by atoms with E-state index in [1.807, 2.05) is 31.2 Å². The number of nitrogens with zero attached hydrogens (tertiary/aromatic N) is 4. The summed E-state index contributed by atoms with van der Waals surface area (Å²) >= 11 is 0. The number of anilines is 1. The maximum Gasteiger partial charge on any atom is 0.250 e. The van der Waals surface area contributed by atoms with Gasteiger partial charge in [-0.25, -0.2) is 4.98 Å². The Morgan fingerprint density at radius 3 is 2.71 bits per heavy atom. The number of hydrazone groups is 1. The Morgan fingerprint density at radius 2 is 2.06 bits per heavy atom. The molecule has 7 heteroatoms. The molecule has 2 heterocycles. The summed E-state index contributed by atoms with van der Waals surface area (Å²) in [4.78, 5) is 16.4. The van der Waals surface area contributed by atoms with E-state index in [2.05, 4.69) is 16.1 Å². The first-order valence-corrected chi connectivity index (χ1v) is 10.7. The lowest BCUT2D eigenvalue weighted by molar-refractivity contribution is 0.0994. The van der Waals surface area contributed by atoms with Crippen molar-refractivity contribution in [3.05, 3.63) is 58.4 Å². The molecule has 2 N–H and O–H groups in total. The van der Waals surface area contributed by atoms with E-state index in [1.165, 1.54) is 25.7 Å². The van der Waals surface area contributed by atoms with E-state index >= 15 is 0 Å². The van der Waals surface area contributed by atoms with Crippen LogP contribution in [0.15, 0.2) is 35.4 Å². The van der Waals surface area contributed by atoms with Gasteiger partial charge in [-0.1, -0.05) is 12.8 Å². The second-order valence-corrected chi connectivity index (χ2v) is 8.31. The number of aryl methyl sites for hydroxylation is 1. The monoisotopic (exact) mass is 417 g/mol. The number of nitrogens with two attached hydrogens (primary N) is 1. The second-order valence-electron chi connectivity index (χ2n) is 8.31. The van der Waals surface area contributed by atoms with Gasteiger partial charge in [0, 0.05) is 13.5 Å². The first-order valence-electron chi connectivity index (χ1n) is 10.7. The molecule has 2 aromatic rings. The van der Waals surface area contributed by atoms with Gasteiger partial charge in [-0.3, -0.25) is 9.80 Å². The molecule has 160 valence electrons. The van der Waals surface area contributed by atoms with Gasteiger partial charge in [0.2, 0.25) is 0 Å². The van der Waals surface area contributed by atoms with Crippen LogP contribution in [0, 0.1) is 24.2 Å². The average molecular weight is 418 g/mol. The first-order chi connectivity index (χ1) is 15.0. The SMILES string of the molecule is COCc1nc(C2=NN(c3ccc(C#N)c(C)c3)C(C3CCCC3)C2)ccc1C(N)=O. The highest BCUT2D eigenvalue weighted by atomic mass is 16.5. The number of carbonyl (C=O) groups is 1. The lowest BCUT2D eigenvalue weighted by Crippen LogP contribution is -2.32. The fourth-order valence-electron chi connectivity index (χ4n) is 4.69. The molecule has 7 nitrogen and oxygen atoms in total. The standard InChI is InChI=1S/C24H27N5O2/c1-15-11-18(8-7-17(15)13-25)29-23(16-5-3-4-6-16)12-21(28-29)20-10-9-19(24(26)30)22(27-20)14-31-2/h7-11,16,23H,3-6,12,14H2,1-2H3,(H2,26,30). The van der Waals surface area contributed by atoms with E-state index < -0.39 is 5.91 Å². The zero-order valence-corrected chi connectivity index (χ0v) is 18.0. The van der Waals surface area contributed by atoms with Crippen LogP contribution in [0.4, 0.5) is 5.69 Å². The molecular weight excluding hydrogens is 390 g/mol. The summed E-state index contributed by atoms with van der Waals surface area (Å²) in [6.45, 7) is 2.17. The van der Waals surface area contributed by atoms with Crippen LogP contribution < -0.4 is 10.7 Å². The van der Waals surface area contributed by atoms with Crippen molar-refractivity contribution < 1.29 is 9.53 Å². The molecule has 1 aromatic heterocycles. The van der Waals surface area contributed by atoms with E-state index in [1.54, 1.807) is 13.2 Å². The number of hydrogen-bond acceptors (Lipinski definition) is 6. The van der Waals surface area contributed by atoms with Crippen LogP contribution in [0.25, 0.3) is 0 Å². The molecule has 0 bridgehead atoms. The van der Waals surface area contributed by atoms with Gasteiger partial charge >= 0.3 is 0 Å². The van der Waals surface area contributed by atoms with Crippen molar-refractivity contribution >= 4 is 17.3 Å². The summed E-state index contributed by atoms with van der Waals surface area (Å²) in [5.74, 6) is 0.0542. The number of hydrogen-bond donors (Lipinski definition) is 1. The number of carbonyl (C=O) groups excluding carboxylic acids is 1. The molecule has 31 heavy (non-hydrogen) atoms. The van der Waals surface area contributed by atoms with Crippen LogP contribution in [0.1, 0.15) is 65.0 Å². The molecular formula is C24H27N5O2. The fraction of sp³-hybridized carbons (Fsp3) is 0.417. The van der Waals surface area contributed by atoms with E-state index in [-0.39, 0.29) is 12.6 Å². The van der Waals surface area contributed by atoms with Crippen molar-refractivity contribution in [2.75, 3.05) is 12.1 Å². The first kappa shape index (κ1) is 21.0. The van der Waals surface area contributed by atoms with Crippen LogP contribution in [-0.4, -0.2) is 29.8 Å². The topological polar surface area (TPSA) is 105 Å². The Kier molecular flexibility index (Phi) is 6.01. The minimum absolute atomic E-state index is 0.212. The third-order valence-electron chi connectivity index (χ3n) is 6.30. The predicted molar refractivity (Wildman–Crippen MR) is 119 cm³/mol. The highest BCUT2D eigenvalue weighted by Gasteiger charge is 2.36. The lowest BCUT2D eigenvalue weighted by Gasteiger charge is -2.28. The van der Waals surface area contributed by atoms with Gasteiger partial charge in [0.15, 0.2) is 0 Å². The highest BCUT2D eigenvalue weighted by molar-refractivity contribution is 6.02. The van der Waals surface area contributed by atoms with E-state index in [4.69, 9.17) is 15.6 Å². The molecule has 1 saturated carbocycles. The minimum atomic E-state index is -0.516. The van der Waals surface area contributed by atoms with Crippen molar-refractivity contribution in [3.63, 3.8) is 0 Å². The quantitative estimate of drug-likeness (QED) is 0.772. The Labute approximate surface area is 182 Å². The third kappa shape index (κ3) is 4.17. The summed E-state index contributed by atoms with van der Waals surface area (Å²) in [6.07, 6.45) is 5.68. The third-order valence-corrected chi connectivity index (χ3v) is 6.30. The number of methoxy groups -OCH3 is 1. The number of pyridine rings is 1. The summed E-state index contributed by atoms with van der Waals surface area (Å²) in [7, 11) is 1.57. The second kappa shape index (κ2) is 8.86. The smallest absolute Gasteiger partial charge is 0.250 e. The zero-order chi connectivity index (χ0) is 22.0. The Morgan fingerprint density at radius 1 is 1.29 bits per heavy atom. The molecule has 0 saturated heterocycles. The highest BCUT2D eigenvalue weighted by Crippen LogP contribution is 2.38. The van der Waals surface area contributed by atoms with Gasteiger partial charge in [0.25, 0.3) is 5.91 Å². The Balaban J connectivity index is 1.72. The van der Waals surface area contributed by atoms with Crippen molar-refractivity contribution in [2.45, 2.75) is 51.7 Å². The van der Waals surface area contributed by atoms with Crippen LogP contribution in [0.2, 0.25) is 0 Å². The Bertz CT molecular complexity index is 1070. The number of rotatable bonds is 6. The molecule has 1 aliphatic carbocycles. The molecule has 1 atom stereocenters. The zero-order valence-electron chi connectivity index (χ0n) is 18.0. The molecule has 1 amide bonds. The van der Waals surface area contributed by atoms with Gasteiger partial charge < -0.3 is 10.5 Å². The molecule has 0 spiro atoms. The maximum absolute atomic E-state index is 11.7. The van der Waals surface area contributed by atoms with Gasteiger partial charge in [-0.15, -0.1) is 0 Å². The molecule has 4 rings (SSSR count). The number of nitriles is 1. The van der Waals surface area contributed by atoms with E-state index in [9.17, 15) is 10.1 Å². The molecule has 1 unspecified atom stereocenters. The van der Waals surface area contributed by atoms with Crippen molar-refractivity contribution in [1.29, 1.82) is 5.26 Å². The maximum atomic E-state index is 11.7. The normalized spacial score (nSPS) is 18.8. The predicted octanol–water partition coefficient (Wildman–Crippen LogP) is 3.68. The van der Waals surface area contributed by atoms with Crippen LogP contribution in [0.3, 0.4) is 0 Å². The number of ether oxygens (including phenoxy) is 1. The van der Waals surface area contributed by atoms with Gasteiger partial charge in [0.1, 0.15) is 0 Å². The average Bonchev–Trinajstić information content (AvgIpc) is 3.43. The van der Waals surface area contributed by atoms with Crippen LogP contribution in [-0.2, 0) is 11.3 Å². The van der Waals surface area contributed by atoms with E-state index in [0.717, 1.165) is 29.1 Å². The Hall–Kier alpha value is -3.24. The largest absolute Gasteiger partial charge is 0.378 e. The summed E-state index contributed by atoms with van der Waals surface area (Å²) < 4.78 is 5.22. The van der Waals surface area contributed by atoms with E-state index in [0.29, 0.717) is 22.7 Å².